The fourth-order valence-electron chi connectivity index (χ4n) is 3.90. The minimum atomic E-state index is -0.0789. The third-order valence-corrected chi connectivity index (χ3v) is 5.21. The molecule has 1 atom stereocenters. The molecule has 3 aromatic rings. The summed E-state index contributed by atoms with van der Waals surface area (Å²) in [5, 5.41) is 12.4. The highest BCUT2D eigenvalue weighted by Gasteiger charge is 2.37. The van der Waals surface area contributed by atoms with E-state index in [9.17, 15) is 4.79 Å². The summed E-state index contributed by atoms with van der Waals surface area (Å²) in [5.74, 6) is 0.147. The molecular formula is C19H14ClN3O. The van der Waals surface area contributed by atoms with E-state index in [2.05, 4.69) is 21.6 Å². The molecule has 2 heterocycles. The normalized spacial score (nSPS) is 19.4. The SMILES string of the molecule is O=C1CCC2=C1C(c1ccc(Cl)cc1)c1c(ccc3[nH]ncc13)N2. The number of halogens is 1. The summed E-state index contributed by atoms with van der Waals surface area (Å²) in [4.78, 5) is 12.6. The van der Waals surface area contributed by atoms with Gasteiger partial charge in [0, 0.05) is 39.7 Å². The number of anilines is 1. The number of allylic oxidation sites excluding steroid dienone is 2. The molecule has 118 valence electrons. The number of carbonyl (C=O) groups excluding carboxylic acids is 1. The number of aromatic amines is 1. The van der Waals surface area contributed by atoms with E-state index in [1.807, 2.05) is 36.5 Å². The molecular weight excluding hydrogens is 322 g/mol. The van der Waals surface area contributed by atoms with Gasteiger partial charge in [-0.15, -0.1) is 0 Å². The van der Waals surface area contributed by atoms with Gasteiger partial charge in [-0.3, -0.25) is 9.89 Å². The molecule has 1 aliphatic carbocycles. The third kappa shape index (κ3) is 1.86. The highest BCUT2D eigenvalue weighted by Crippen LogP contribution is 2.48. The Balaban J connectivity index is 1.82. The Bertz CT molecular complexity index is 1020. The van der Waals surface area contributed by atoms with E-state index in [1.165, 1.54) is 0 Å². The summed E-state index contributed by atoms with van der Waals surface area (Å²) >= 11 is 6.06. The average molecular weight is 336 g/mol. The van der Waals surface area contributed by atoms with Gasteiger partial charge in [0.2, 0.25) is 0 Å². The van der Waals surface area contributed by atoms with Crippen LogP contribution in [0.1, 0.15) is 29.9 Å². The maximum atomic E-state index is 12.6. The van der Waals surface area contributed by atoms with Crippen LogP contribution < -0.4 is 5.32 Å². The number of nitrogens with zero attached hydrogens (tertiary/aromatic N) is 1. The molecule has 2 aliphatic rings. The summed E-state index contributed by atoms with van der Waals surface area (Å²) in [5.41, 5.74) is 6.16. The Morgan fingerprint density at radius 1 is 1.08 bits per heavy atom. The van der Waals surface area contributed by atoms with E-state index in [0.29, 0.717) is 11.4 Å². The number of carbonyl (C=O) groups is 1. The Hall–Kier alpha value is -2.59. The quantitative estimate of drug-likeness (QED) is 0.693. The highest BCUT2D eigenvalue weighted by molar-refractivity contribution is 6.30. The van der Waals surface area contributed by atoms with E-state index >= 15 is 0 Å². The van der Waals surface area contributed by atoms with Crippen LogP contribution in [-0.2, 0) is 4.79 Å². The van der Waals surface area contributed by atoms with Crippen LogP contribution in [0.5, 0.6) is 0 Å². The number of hydrogen-bond acceptors (Lipinski definition) is 3. The molecule has 2 aromatic carbocycles. The van der Waals surface area contributed by atoms with Gasteiger partial charge in [-0.1, -0.05) is 23.7 Å². The molecule has 24 heavy (non-hydrogen) atoms. The number of aromatic nitrogens is 2. The lowest BCUT2D eigenvalue weighted by Gasteiger charge is -2.29. The average Bonchev–Trinajstić information content (AvgIpc) is 3.21. The summed E-state index contributed by atoms with van der Waals surface area (Å²) in [6.45, 7) is 0. The smallest absolute Gasteiger partial charge is 0.161 e. The topological polar surface area (TPSA) is 57.8 Å². The minimum Gasteiger partial charge on any atom is -0.358 e. The van der Waals surface area contributed by atoms with Gasteiger partial charge in [0.05, 0.1) is 11.7 Å². The molecule has 5 rings (SSSR count). The molecule has 0 saturated carbocycles. The molecule has 0 radical (unpaired) electrons. The Kier molecular flexibility index (Phi) is 2.85. The minimum absolute atomic E-state index is 0.0789. The molecule has 0 fully saturated rings. The lowest BCUT2D eigenvalue weighted by atomic mass is 9.79. The molecule has 5 heteroatoms. The van der Waals surface area contributed by atoms with Crippen molar-refractivity contribution in [2.24, 2.45) is 0 Å². The van der Waals surface area contributed by atoms with Crippen LogP contribution in [0.3, 0.4) is 0 Å². The van der Waals surface area contributed by atoms with Crippen LogP contribution in [-0.4, -0.2) is 16.0 Å². The summed E-state index contributed by atoms with van der Waals surface area (Å²) < 4.78 is 0. The van der Waals surface area contributed by atoms with E-state index < -0.39 is 0 Å². The maximum Gasteiger partial charge on any atom is 0.161 e. The first-order valence-electron chi connectivity index (χ1n) is 7.97. The number of nitrogens with one attached hydrogen (secondary N) is 2. The second kappa shape index (κ2) is 4.95. The first kappa shape index (κ1) is 13.8. The molecule has 1 aromatic heterocycles. The number of fused-ring (bicyclic) bond motifs is 3. The Morgan fingerprint density at radius 2 is 1.92 bits per heavy atom. The zero-order valence-electron chi connectivity index (χ0n) is 12.8. The largest absolute Gasteiger partial charge is 0.358 e. The fraction of sp³-hybridized carbons (Fsp3) is 0.158. The number of H-pyrrole nitrogens is 1. The lowest BCUT2D eigenvalue weighted by Crippen LogP contribution is -2.19. The maximum absolute atomic E-state index is 12.6. The van der Waals surface area contributed by atoms with E-state index in [0.717, 1.165) is 45.4 Å². The molecule has 0 bridgehead atoms. The molecule has 0 amide bonds. The number of Topliss-reactive ketones (excluding diaryl/α,β-unsaturated/α-hetero) is 1. The monoisotopic (exact) mass is 335 g/mol. The first-order chi connectivity index (χ1) is 11.7. The van der Waals surface area contributed by atoms with E-state index in [1.54, 1.807) is 0 Å². The second-order valence-corrected chi connectivity index (χ2v) is 6.72. The van der Waals surface area contributed by atoms with E-state index in [4.69, 9.17) is 11.6 Å². The van der Waals surface area contributed by atoms with Crippen molar-refractivity contribution in [3.63, 3.8) is 0 Å². The van der Waals surface area contributed by atoms with Gasteiger partial charge in [-0.2, -0.15) is 5.10 Å². The lowest BCUT2D eigenvalue weighted by molar-refractivity contribution is -0.115. The van der Waals surface area contributed by atoms with Crippen molar-refractivity contribution in [1.29, 1.82) is 0 Å². The number of rotatable bonds is 1. The first-order valence-corrected chi connectivity index (χ1v) is 8.35. The predicted octanol–water partition coefficient (Wildman–Crippen LogP) is 4.39. The van der Waals surface area contributed by atoms with Crippen LogP contribution in [0.25, 0.3) is 10.9 Å². The summed E-state index contributed by atoms with van der Waals surface area (Å²) in [6, 6.07) is 11.9. The van der Waals surface area contributed by atoms with Gasteiger partial charge >= 0.3 is 0 Å². The molecule has 4 nitrogen and oxygen atoms in total. The summed E-state index contributed by atoms with van der Waals surface area (Å²) in [6.07, 6.45) is 3.19. The van der Waals surface area contributed by atoms with Crippen LogP contribution in [0.15, 0.2) is 53.9 Å². The van der Waals surface area contributed by atoms with Crippen molar-refractivity contribution in [3.8, 4) is 0 Å². The Morgan fingerprint density at radius 3 is 2.75 bits per heavy atom. The zero-order chi connectivity index (χ0) is 16.3. The predicted molar refractivity (Wildman–Crippen MR) is 94.3 cm³/mol. The molecule has 0 spiro atoms. The van der Waals surface area contributed by atoms with E-state index in [-0.39, 0.29) is 11.7 Å². The highest BCUT2D eigenvalue weighted by atomic mass is 35.5. The number of hydrogen-bond donors (Lipinski definition) is 2. The van der Waals surface area contributed by atoms with Crippen molar-refractivity contribution in [1.82, 2.24) is 10.2 Å². The zero-order valence-corrected chi connectivity index (χ0v) is 13.5. The third-order valence-electron chi connectivity index (χ3n) is 4.96. The van der Waals surface area contributed by atoms with Crippen molar-refractivity contribution in [2.45, 2.75) is 18.8 Å². The number of benzene rings is 2. The van der Waals surface area contributed by atoms with Crippen LogP contribution in [0, 0.1) is 0 Å². The van der Waals surface area contributed by atoms with Crippen molar-refractivity contribution < 1.29 is 4.79 Å². The van der Waals surface area contributed by atoms with Crippen LogP contribution in [0.2, 0.25) is 5.02 Å². The molecule has 2 N–H and O–H groups in total. The van der Waals surface area contributed by atoms with Gasteiger partial charge in [0.25, 0.3) is 0 Å². The van der Waals surface area contributed by atoms with Gasteiger partial charge in [0.15, 0.2) is 5.78 Å². The van der Waals surface area contributed by atoms with Crippen molar-refractivity contribution in [2.75, 3.05) is 5.32 Å². The van der Waals surface area contributed by atoms with Crippen molar-refractivity contribution in [3.05, 3.63) is 70.0 Å². The van der Waals surface area contributed by atoms with Gasteiger partial charge in [-0.05, 0) is 41.8 Å². The summed E-state index contributed by atoms with van der Waals surface area (Å²) in [7, 11) is 0. The van der Waals surface area contributed by atoms with Gasteiger partial charge in [0.1, 0.15) is 0 Å². The van der Waals surface area contributed by atoms with Crippen LogP contribution in [0.4, 0.5) is 5.69 Å². The second-order valence-electron chi connectivity index (χ2n) is 6.28. The number of ketones is 1. The van der Waals surface area contributed by atoms with Gasteiger partial charge < -0.3 is 5.32 Å². The molecule has 1 unspecified atom stereocenters. The van der Waals surface area contributed by atoms with Crippen LogP contribution >= 0.6 is 11.6 Å². The van der Waals surface area contributed by atoms with Crippen molar-refractivity contribution >= 4 is 34.0 Å². The fourth-order valence-corrected chi connectivity index (χ4v) is 4.02. The molecule has 0 saturated heterocycles. The Labute approximate surface area is 143 Å². The van der Waals surface area contributed by atoms with Gasteiger partial charge in [-0.25, -0.2) is 0 Å². The standard InChI is InChI=1S/C19H14ClN3O/c20-11-3-1-10(2-4-11)17-18-12-9-21-23-13(12)5-6-14(18)22-15-7-8-16(24)19(15)17/h1-6,9,17,22H,7-8H2,(H,21,23). The molecule has 1 aliphatic heterocycles.